The molecule has 0 radical (unpaired) electrons. The van der Waals surface area contributed by atoms with Crippen molar-refractivity contribution in [1.82, 2.24) is 9.78 Å². The van der Waals surface area contributed by atoms with Crippen molar-refractivity contribution in [3.8, 4) is 11.4 Å². The fourth-order valence-corrected chi connectivity index (χ4v) is 4.85. The number of nitrogens with two attached hydrogens (primary N) is 2. The molecule has 0 bridgehead atoms. The minimum absolute atomic E-state index is 0.0359. The summed E-state index contributed by atoms with van der Waals surface area (Å²) >= 11 is 0. The molecule has 1 heterocycles. The second-order valence-electron chi connectivity index (χ2n) is 8.59. The van der Waals surface area contributed by atoms with Crippen molar-refractivity contribution in [2.75, 3.05) is 5.73 Å². The quantitative estimate of drug-likeness (QED) is 0.392. The Morgan fingerprint density at radius 2 is 1.83 bits per heavy atom. The normalized spacial score (nSPS) is 21.9. The molecule has 3 aromatic rings. The third-order valence-electron chi connectivity index (χ3n) is 6.54. The van der Waals surface area contributed by atoms with Gasteiger partial charge >= 0.3 is 6.18 Å². The number of hydrogen-bond donors (Lipinski definition) is 4. The van der Waals surface area contributed by atoms with Gasteiger partial charge in [0.05, 0.1) is 17.3 Å². The van der Waals surface area contributed by atoms with Crippen LogP contribution < -0.4 is 11.5 Å². The summed E-state index contributed by atoms with van der Waals surface area (Å²) in [7, 11) is 0. The average molecular weight is 514 g/mol. The molecule has 1 amide bonds. The highest BCUT2D eigenvalue weighted by Gasteiger charge is 2.64. The fourth-order valence-electron chi connectivity index (χ4n) is 4.85. The van der Waals surface area contributed by atoms with Gasteiger partial charge in [0.2, 0.25) is 5.82 Å². The highest BCUT2D eigenvalue weighted by atomic mass is 19.4. The molecule has 0 saturated carbocycles. The second-order valence-corrected chi connectivity index (χ2v) is 8.59. The Morgan fingerprint density at radius 1 is 1.22 bits per heavy atom. The van der Waals surface area contributed by atoms with Gasteiger partial charge in [-0.3, -0.25) is 4.79 Å². The SMILES string of the molecule is CCC1CC(O)(C(F)(F)F)C(c2nn(-c3ccc(F)cc3)c(N)c2C(N)=O)c2cc(F)c(F)c(O)c21. The van der Waals surface area contributed by atoms with Crippen molar-refractivity contribution >= 4 is 11.7 Å². The summed E-state index contributed by atoms with van der Waals surface area (Å²) in [5, 5.41) is 25.5. The summed E-state index contributed by atoms with van der Waals surface area (Å²) in [6, 6.07) is 4.78. The molecular formula is C23H20F6N4O3. The zero-order valence-electron chi connectivity index (χ0n) is 18.6. The number of alkyl halides is 3. The Kier molecular flexibility index (Phi) is 5.94. The third-order valence-corrected chi connectivity index (χ3v) is 6.54. The van der Waals surface area contributed by atoms with Crippen LogP contribution in [0, 0.1) is 17.5 Å². The number of hydrogen-bond acceptors (Lipinski definition) is 5. The molecule has 36 heavy (non-hydrogen) atoms. The Morgan fingerprint density at radius 3 is 2.36 bits per heavy atom. The number of anilines is 1. The van der Waals surface area contributed by atoms with Crippen LogP contribution in [0.4, 0.5) is 32.2 Å². The molecule has 1 aliphatic carbocycles. The van der Waals surface area contributed by atoms with Gasteiger partial charge < -0.3 is 21.7 Å². The molecule has 13 heteroatoms. The number of aromatic hydroxyl groups is 1. The van der Waals surface area contributed by atoms with Gasteiger partial charge in [-0.15, -0.1) is 0 Å². The molecule has 0 saturated heterocycles. The van der Waals surface area contributed by atoms with E-state index >= 15 is 0 Å². The number of nitrogens with zero attached hydrogens (tertiary/aromatic N) is 2. The number of primary amides is 1. The van der Waals surface area contributed by atoms with E-state index in [9.17, 15) is 41.4 Å². The Balaban J connectivity index is 2.11. The number of nitrogen functional groups attached to an aromatic ring is 1. The molecule has 0 spiro atoms. The summed E-state index contributed by atoms with van der Waals surface area (Å²) in [5.74, 6) is -10.6. The van der Waals surface area contributed by atoms with Gasteiger partial charge in [-0.1, -0.05) is 6.92 Å². The number of benzene rings is 2. The summed E-state index contributed by atoms with van der Waals surface area (Å²) in [6.45, 7) is 1.45. The van der Waals surface area contributed by atoms with Crippen molar-refractivity contribution in [3.63, 3.8) is 0 Å². The van der Waals surface area contributed by atoms with Crippen molar-refractivity contribution in [1.29, 1.82) is 0 Å². The van der Waals surface area contributed by atoms with Crippen LogP contribution >= 0.6 is 0 Å². The average Bonchev–Trinajstić information content (AvgIpc) is 3.13. The molecule has 6 N–H and O–H groups in total. The number of fused-ring (bicyclic) bond motifs is 1. The summed E-state index contributed by atoms with van der Waals surface area (Å²) < 4.78 is 86.2. The lowest BCUT2D eigenvalue weighted by Crippen LogP contribution is -2.54. The van der Waals surface area contributed by atoms with Crippen LogP contribution in [0.3, 0.4) is 0 Å². The number of halogens is 6. The molecule has 3 unspecified atom stereocenters. The summed E-state index contributed by atoms with van der Waals surface area (Å²) in [5.41, 5.74) is 5.33. The molecule has 1 aromatic heterocycles. The van der Waals surface area contributed by atoms with Crippen LogP contribution in [0.15, 0.2) is 30.3 Å². The first kappa shape index (κ1) is 25.4. The molecular weight excluding hydrogens is 494 g/mol. The fraction of sp³-hybridized carbons (Fsp3) is 0.304. The zero-order valence-corrected chi connectivity index (χ0v) is 18.6. The van der Waals surface area contributed by atoms with E-state index < -0.39 is 81.8 Å². The molecule has 3 atom stereocenters. The van der Waals surface area contributed by atoms with Crippen molar-refractivity contribution in [2.24, 2.45) is 5.73 Å². The minimum atomic E-state index is -5.35. The van der Waals surface area contributed by atoms with Crippen LogP contribution in [-0.2, 0) is 0 Å². The number of carbonyl (C=O) groups is 1. The van der Waals surface area contributed by atoms with Crippen molar-refractivity contribution in [2.45, 2.75) is 43.4 Å². The second kappa shape index (κ2) is 8.43. The molecule has 2 aromatic carbocycles. The lowest BCUT2D eigenvalue weighted by Gasteiger charge is -2.45. The molecule has 0 fully saturated rings. The molecule has 7 nitrogen and oxygen atoms in total. The predicted octanol–water partition coefficient (Wildman–Crippen LogP) is 4.00. The topological polar surface area (TPSA) is 127 Å². The van der Waals surface area contributed by atoms with Gasteiger partial charge in [0.25, 0.3) is 5.91 Å². The van der Waals surface area contributed by atoms with Crippen molar-refractivity contribution < 1.29 is 41.4 Å². The number of phenols is 1. The highest BCUT2D eigenvalue weighted by Crippen LogP contribution is 2.58. The van der Waals surface area contributed by atoms with E-state index in [1.165, 1.54) is 19.1 Å². The van der Waals surface area contributed by atoms with Crippen molar-refractivity contribution in [3.05, 3.63) is 70.2 Å². The van der Waals surface area contributed by atoms with Crippen LogP contribution in [0.2, 0.25) is 0 Å². The Labute approximate surface area is 199 Å². The number of aromatic nitrogens is 2. The largest absolute Gasteiger partial charge is 0.505 e. The first-order chi connectivity index (χ1) is 16.7. The Bertz CT molecular complexity index is 1360. The van der Waals surface area contributed by atoms with E-state index in [-0.39, 0.29) is 17.7 Å². The number of aliphatic hydroxyl groups is 1. The van der Waals surface area contributed by atoms with E-state index in [0.717, 1.165) is 16.8 Å². The van der Waals surface area contributed by atoms with E-state index in [0.29, 0.717) is 6.07 Å². The van der Waals surface area contributed by atoms with Gasteiger partial charge in [0.15, 0.2) is 17.2 Å². The highest BCUT2D eigenvalue weighted by molar-refractivity contribution is 5.99. The first-order valence-corrected chi connectivity index (χ1v) is 10.7. The maximum atomic E-state index is 14.4. The maximum absolute atomic E-state index is 14.4. The lowest BCUT2D eigenvalue weighted by atomic mass is 9.64. The van der Waals surface area contributed by atoms with E-state index in [2.05, 4.69) is 5.10 Å². The molecule has 0 aliphatic heterocycles. The molecule has 192 valence electrons. The summed E-state index contributed by atoms with van der Waals surface area (Å²) in [4.78, 5) is 12.3. The van der Waals surface area contributed by atoms with E-state index in [1.54, 1.807) is 0 Å². The standard InChI is InChI=1S/C23H20F6N4O3/c1-2-9-8-22(36,23(27,28)29)16(12-7-13(25)17(26)19(34)14(9)12)18-15(21(31)35)20(30)33(32-18)11-5-3-10(24)4-6-11/h3-7,9,16,34,36H,2,8,30H2,1H3,(H2,31,35). The smallest absolute Gasteiger partial charge is 0.418 e. The lowest BCUT2D eigenvalue weighted by molar-refractivity contribution is -0.272. The van der Waals surface area contributed by atoms with Gasteiger partial charge in [0.1, 0.15) is 17.2 Å². The summed E-state index contributed by atoms with van der Waals surface area (Å²) in [6.07, 6.45) is -6.50. The van der Waals surface area contributed by atoms with Crippen LogP contribution in [-0.4, -0.2) is 37.7 Å². The Hall–Kier alpha value is -3.74. The minimum Gasteiger partial charge on any atom is -0.505 e. The monoisotopic (exact) mass is 514 g/mol. The number of carbonyl (C=O) groups excluding carboxylic acids is 1. The van der Waals surface area contributed by atoms with Crippen LogP contribution in [0.1, 0.15) is 58.8 Å². The third kappa shape index (κ3) is 3.65. The zero-order chi connectivity index (χ0) is 26.7. The van der Waals surface area contributed by atoms with Gasteiger partial charge in [-0.2, -0.15) is 22.7 Å². The van der Waals surface area contributed by atoms with Gasteiger partial charge in [-0.25, -0.2) is 13.5 Å². The molecule has 4 rings (SSSR count). The number of phenolic OH excluding ortho intramolecular Hbond substituents is 1. The predicted molar refractivity (Wildman–Crippen MR) is 115 cm³/mol. The van der Waals surface area contributed by atoms with Crippen LogP contribution in [0.25, 0.3) is 5.69 Å². The maximum Gasteiger partial charge on any atom is 0.418 e. The van der Waals surface area contributed by atoms with E-state index in [4.69, 9.17) is 11.5 Å². The van der Waals surface area contributed by atoms with E-state index in [1.807, 2.05) is 0 Å². The van der Waals surface area contributed by atoms with Gasteiger partial charge in [0, 0.05) is 5.56 Å². The number of rotatable bonds is 4. The van der Waals surface area contributed by atoms with Gasteiger partial charge in [-0.05, 0) is 54.7 Å². The van der Waals surface area contributed by atoms with Crippen LogP contribution in [0.5, 0.6) is 5.75 Å². The number of amides is 1. The molecule has 1 aliphatic rings. The first-order valence-electron chi connectivity index (χ1n) is 10.7.